The second-order valence-electron chi connectivity index (χ2n) is 6.94. The van der Waals surface area contributed by atoms with Gasteiger partial charge < -0.3 is 5.11 Å². The maximum absolute atomic E-state index is 11.9. The molecule has 2 aromatic carbocycles. The Bertz CT molecular complexity index is 971. The highest BCUT2D eigenvalue weighted by Gasteiger charge is 2.35. The van der Waals surface area contributed by atoms with Crippen molar-refractivity contribution < 1.29 is 18.3 Å². The molecule has 6 nitrogen and oxygen atoms in total. The average Bonchev–Trinajstić information content (AvgIpc) is 2.87. The van der Waals surface area contributed by atoms with E-state index in [0.717, 1.165) is 35.6 Å². The summed E-state index contributed by atoms with van der Waals surface area (Å²) in [5.74, 6) is -0.234. The number of fused-ring (bicyclic) bond motifs is 1. The van der Waals surface area contributed by atoms with Crippen LogP contribution in [0.2, 0.25) is 0 Å². The molecule has 136 valence electrons. The van der Waals surface area contributed by atoms with Crippen molar-refractivity contribution in [2.45, 2.75) is 25.7 Å². The van der Waals surface area contributed by atoms with Crippen molar-refractivity contribution in [2.24, 2.45) is 5.92 Å². The van der Waals surface area contributed by atoms with E-state index in [2.05, 4.69) is 24.3 Å². The number of aromatic hydroxyl groups is 1. The molecule has 1 aliphatic heterocycles. The normalized spacial score (nSPS) is 21.3. The molecule has 1 atom stereocenters. The number of amides is 1. The van der Waals surface area contributed by atoms with E-state index in [0.29, 0.717) is 5.92 Å². The maximum atomic E-state index is 11.9. The minimum absolute atomic E-state index is 0.126. The number of phenolic OH excluding ortho intramolecular Hbond substituents is 1. The standard InChI is InChI=1S/C19H20N2O4S/c22-18-11-14(6-8-17(18)21-12-19(23)20-26(21,24)25)9-13-5-7-15-3-1-2-4-16(15)10-13/h1-4,6,8,11,13,22H,5,7,9-10,12H2,(H,20,23). The highest BCUT2D eigenvalue weighted by Crippen LogP contribution is 2.33. The second-order valence-corrected chi connectivity index (χ2v) is 8.54. The number of rotatable bonds is 3. The van der Waals surface area contributed by atoms with E-state index in [4.69, 9.17) is 0 Å². The van der Waals surface area contributed by atoms with Gasteiger partial charge in [0.2, 0.25) is 0 Å². The fourth-order valence-corrected chi connectivity index (χ4v) is 5.01. The first kappa shape index (κ1) is 16.9. The Morgan fingerprint density at radius 2 is 1.92 bits per heavy atom. The van der Waals surface area contributed by atoms with E-state index < -0.39 is 16.1 Å². The quantitative estimate of drug-likeness (QED) is 0.862. The SMILES string of the molecule is O=C1CN(c2ccc(CC3CCc4ccccc4C3)cc2O)S(=O)(=O)N1. The molecule has 0 spiro atoms. The van der Waals surface area contributed by atoms with Gasteiger partial charge in [-0.15, -0.1) is 0 Å². The van der Waals surface area contributed by atoms with Gasteiger partial charge in [0.1, 0.15) is 12.3 Å². The van der Waals surface area contributed by atoms with Gasteiger partial charge in [0.05, 0.1) is 5.69 Å². The number of nitrogens with zero attached hydrogens (tertiary/aromatic N) is 1. The molecule has 4 rings (SSSR count). The molecule has 1 aliphatic carbocycles. The third-order valence-electron chi connectivity index (χ3n) is 5.10. The van der Waals surface area contributed by atoms with Gasteiger partial charge in [0.25, 0.3) is 5.91 Å². The number of phenols is 1. The van der Waals surface area contributed by atoms with Gasteiger partial charge in [-0.25, -0.2) is 9.03 Å². The number of aryl methyl sites for hydroxylation is 1. The van der Waals surface area contributed by atoms with E-state index in [1.54, 1.807) is 12.1 Å². The monoisotopic (exact) mass is 372 g/mol. The van der Waals surface area contributed by atoms with E-state index in [9.17, 15) is 18.3 Å². The lowest BCUT2D eigenvalue weighted by atomic mass is 9.81. The minimum atomic E-state index is -3.91. The molecule has 1 heterocycles. The number of anilines is 1. The highest BCUT2D eigenvalue weighted by atomic mass is 32.2. The summed E-state index contributed by atoms with van der Waals surface area (Å²) < 4.78 is 26.7. The van der Waals surface area contributed by atoms with Crippen LogP contribution in [-0.2, 0) is 34.3 Å². The topological polar surface area (TPSA) is 86.7 Å². The molecule has 0 aromatic heterocycles. The summed E-state index contributed by atoms with van der Waals surface area (Å²) in [6.45, 7) is -0.311. The molecule has 2 N–H and O–H groups in total. The van der Waals surface area contributed by atoms with Gasteiger partial charge in [0.15, 0.2) is 0 Å². The number of nitrogens with one attached hydrogen (secondary N) is 1. The molecular weight excluding hydrogens is 352 g/mol. The molecule has 0 saturated carbocycles. The lowest BCUT2D eigenvalue weighted by Crippen LogP contribution is -2.29. The third-order valence-corrected chi connectivity index (χ3v) is 6.49. The summed E-state index contributed by atoms with van der Waals surface area (Å²) in [4.78, 5) is 11.4. The van der Waals surface area contributed by atoms with E-state index in [-0.39, 0.29) is 18.0 Å². The van der Waals surface area contributed by atoms with Crippen LogP contribution in [0.15, 0.2) is 42.5 Å². The van der Waals surface area contributed by atoms with Gasteiger partial charge in [-0.05, 0) is 60.4 Å². The Hall–Kier alpha value is -2.54. The number of benzene rings is 2. The summed E-state index contributed by atoms with van der Waals surface area (Å²) in [5, 5.41) is 10.3. The van der Waals surface area contributed by atoms with Gasteiger partial charge in [-0.3, -0.25) is 4.79 Å². The molecule has 1 fully saturated rings. The zero-order chi connectivity index (χ0) is 18.3. The van der Waals surface area contributed by atoms with Crippen LogP contribution < -0.4 is 9.03 Å². The summed E-state index contributed by atoms with van der Waals surface area (Å²) in [6.07, 6.45) is 3.99. The summed E-state index contributed by atoms with van der Waals surface area (Å²) in [7, 11) is -3.91. The Labute approximate surface area is 152 Å². The van der Waals surface area contributed by atoms with Crippen molar-refractivity contribution in [1.82, 2.24) is 4.72 Å². The van der Waals surface area contributed by atoms with Crippen molar-refractivity contribution in [2.75, 3.05) is 10.8 Å². The zero-order valence-corrected chi connectivity index (χ0v) is 15.0. The van der Waals surface area contributed by atoms with Crippen molar-refractivity contribution in [1.29, 1.82) is 0 Å². The largest absolute Gasteiger partial charge is 0.506 e. The van der Waals surface area contributed by atoms with Gasteiger partial charge in [0, 0.05) is 0 Å². The van der Waals surface area contributed by atoms with Crippen LogP contribution in [0.3, 0.4) is 0 Å². The van der Waals surface area contributed by atoms with Crippen LogP contribution in [0.5, 0.6) is 5.75 Å². The zero-order valence-electron chi connectivity index (χ0n) is 14.2. The van der Waals surface area contributed by atoms with Crippen LogP contribution in [0.1, 0.15) is 23.1 Å². The average molecular weight is 372 g/mol. The number of carbonyl (C=O) groups is 1. The minimum Gasteiger partial charge on any atom is -0.506 e. The Morgan fingerprint density at radius 1 is 1.15 bits per heavy atom. The van der Waals surface area contributed by atoms with Crippen molar-refractivity contribution in [3.05, 3.63) is 59.2 Å². The fourth-order valence-electron chi connectivity index (χ4n) is 3.85. The Balaban J connectivity index is 1.51. The van der Waals surface area contributed by atoms with Crippen LogP contribution in [0, 0.1) is 5.92 Å². The second kappa shape index (κ2) is 6.32. The number of hydrogen-bond donors (Lipinski definition) is 2. The maximum Gasteiger partial charge on any atom is 0.326 e. The van der Waals surface area contributed by atoms with Crippen LogP contribution in [0.25, 0.3) is 0 Å². The molecular formula is C19H20N2O4S. The molecule has 0 radical (unpaired) electrons. The van der Waals surface area contributed by atoms with E-state index in [1.807, 2.05) is 10.8 Å². The predicted octanol–water partition coefficient (Wildman–Crippen LogP) is 1.92. The van der Waals surface area contributed by atoms with Crippen molar-refractivity contribution in [3.63, 3.8) is 0 Å². The molecule has 7 heteroatoms. The third kappa shape index (κ3) is 3.14. The van der Waals surface area contributed by atoms with E-state index >= 15 is 0 Å². The van der Waals surface area contributed by atoms with Crippen LogP contribution >= 0.6 is 0 Å². The number of hydrogen-bond acceptors (Lipinski definition) is 4. The van der Waals surface area contributed by atoms with Crippen molar-refractivity contribution in [3.8, 4) is 5.75 Å². The molecule has 0 bridgehead atoms. The molecule has 1 amide bonds. The lowest BCUT2D eigenvalue weighted by Gasteiger charge is -2.25. The van der Waals surface area contributed by atoms with E-state index in [1.165, 1.54) is 11.1 Å². The lowest BCUT2D eigenvalue weighted by molar-refractivity contribution is -0.117. The Morgan fingerprint density at radius 3 is 2.62 bits per heavy atom. The summed E-state index contributed by atoms with van der Waals surface area (Å²) in [5.41, 5.74) is 3.89. The first-order chi connectivity index (χ1) is 12.4. The van der Waals surface area contributed by atoms with Gasteiger partial charge in [-0.2, -0.15) is 8.42 Å². The molecule has 2 aromatic rings. The van der Waals surface area contributed by atoms with Crippen LogP contribution in [0.4, 0.5) is 5.69 Å². The summed E-state index contributed by atoms with van der Waals surface area (Å²) in [6, 6.07) is 13.5. The Kier molecular flexibility index (Phi) is 4.11. The molecule has 1 saturated heterocycles. The summed E-state index contributed by atoms with van der Waals surface area (Å²) >= 11 is 0. The van der Waals surface area contributed by atoms with Gasteiger partial charge >= 0.3 is 10.2 Å². The van der Waals surface area contributed by atoms with Crippen molar-refractivity contribution >= 4 is 21.8 Å². The molecule has 1 unspecified atom stereocenters. The molecule has 26 heavy (non-hydrogen) atoms. The first-order valence-corrected chi connectivity index (χ1v) is 10.1. The fraction of sp³-hybridized carbons (Fsp3) is 0.316. The smallest absolute Gasteiger partial charge is 0.326 e. The molecule has 2 aliphatic rings. The number of carbonyl (C=O) groups excluding carboxylic acids is 1. The predicted molar refractivity (Wildman–Crippen MR) is 98.2 cm³/mol. The highest BCUT2D eigenvalue weighted by molar-refractivity contribution is 7.92. The van der Waals surface area contributed by atoms with Crippen LogP contribution in [-0.4, -0.2) is 26.0 Å². The van der Waals surface area contributed by atoms with Gasteiger partial charge in [-0.1, -0.05) is 30.3 Å². The first-order valence-electron chi connectivity index (χ1n) is 8.64.